The number of amides is 1. The molecule has 0 spiro atoms. The van der Waals surface area contributed by atoms with Crippen molar-refractivity contribution in [1.82, 2.24) is 10.0 Å². The fourth-order valence-corrected chi connectivity index (χ4v) is 2.54. The van der Waals surface area contributed by atoms with E-state index in [4.69, 9.17) is 5.11 Å². The predicted octanol–water partition coefficient (Wildman–Crippen LogP) is 0.968. The number of hydrogen-bond donors (Lipinski definition) is 3. The van der Waals surface area contributed by atoms with Crippen molar-refractivity contribution in [1.29, 1.82) is 0 Å². The van der Waals surface area contributed by atoms with Crippen molar-refractivity contribution < 1.29 is 23.1 Å². The van der Waals surface area contributed by atoms with E-state index in [1.807, 2.05) is 6.92 Å². The summed E-state index contributed by atoms with van der Waals surface area (Å²) in [4.78, 5) is 23.1. The Balaban J connectivity index is 2.83. The minimum atomic E-state index is -3.56. The average Bonchev–Trinajstić information content (AvgIpc) is 2.51. The summed E-state index contributed by atoms with van der Waals surface area (Å²) < 4.78 is 25.3. The van der Waals surface area contributed by atoms with Crippen molar-refractivity contribution in [2.45, 2.75) is 37.1 Å². The highest BCUT2D eigenvalue weighted by Crippen LogP contribution is 2.11. The lowest BCUT2D eigenvalue weighted by atomic mass is 10.1. The summed E-state index contributed by atoms with van der Waals surface area (Å²) in [5.74, 6) is -1.63. The molecule has 1 amide bonds. The van der Waals surface area contributed by atoms with Crippen LogP contribution in [0.3, 0.4) is 0 Å². The van der Waals surface area contributed by atoms with Crippen molar-refractivity contribution in [2.24, 2.45) is 0 Å². The number of aliphatic carboxylic acids is 1. The van der Waals surface area contributed by atoms with Gasteiger partial charge in [0.1, 0.15) is 6.04 Å². The van der Waals surface area contributed by atoms with Gasteiger partial charge in [-0.25, -0.2) is 17.9 Å². The molecule has 1 aromatic rings. The number of sulfonamides is 1. The van der Waals surface area contributed by atoms with E-state index in [9.17, 15) is 18.0 Å². The highest BCUT2D eigenvalue weighted by Gasteiger charge is 2.20. The van der Waals surface area contributed by atoms with Crippen LogP contribution in [0.2, 0.25) is 0 Å². The molecule has 0 saturated heterocycles. The molecule has 1 unspecified atom stereocenters. The third kappa shape index (κ3) is 4.81. The predicted molar refractivity (Wildman–Crippen MR) is 81.1 cm³/mol. The molecule has 0 heterocycles. The lowest BCUT2D eigenvalue weighted by molar-refractivity contribution is -0.139. The molecule has 0 bridgehead atoms. The Kier molecular flexibility index (Phi) is 6.51. The molecule has 22 heavy (non-hydrogen) atoms. The van der Waals surface area contributed by atoms with Gasteiger partial charge in [0.05, 0.1) is 4.90 Å². The topological polar surface area (TPSA) is 113 Å². The largest absolute Gasteiger partial charge is 0.480 e. The standard InChI is InChI=1S/C14H20N2O5S/c1-3-4-5-12(14(18)19)16-13(17)10-6-8-11(9-7-10)22(20,21)15-2/h6-9,12,15H,3-5H2,1-2H3,(H,16,17)(H,18,19). The van der Waals surface area contributed by atoms with Gasteiger partial charge in [0.2, 0.25) is 10.0 Å². The lowest BCUT2D eigenvalue weighted by Crippen LogP contribution is -2.40. The van der Waals surface area contributed by atoms with E-state index >= 15 is 0 Å². The van der Waals surface area contributed by atoms with Crippen LogP contribution >= 0.6 is 0 Å². The van der Waals surface area contributed by atoms with Gasteiger partial charge < -0.3 is 10.4 Å². The molecular weight excluding hydrogens is 308 g/mol. The number of nitrogens with one attached hydrogen (secondary N) is 2. The second-order valence-electron chi connectivity index (χ2n) is 4.74. The van der Waals surface area contributed by atoms with E-state index in [0.717, 1.165) is 6.42 Å². The van der Waals surface area contributed by atoms with Gasteiger partial charge in [-0.05, 0) is 37.7 Å². The third-order valence-corrected chi connectivity index (χ3v) is 4.58. The Morgan fingerprint density at radius 2 is 1.82 bits per heavy atom. The SMILES string of the molecule is CCCCC(NC(=O)c1ccc(S(=O)(=O)NC)cc1)C(=O)O. The molecule has 0 aliphatic heterocycles. The molecule has 0 saturated carbocycles. The molecule has 1 rings (SSSR count). The first kappa shape index (κ1) is 18.1. The molecule has 3 N–H and O–H groups in total. The number of carbonyl (C=O) groups excluding carboxylic acids is 1. The van der Waals surface area contributed by atoms with Gasteiger partial charge in [0, 0.05) is 5.56 Å². The van der Waals surface area contributed by atoms with Crippen LogP contribution in [0.15, 0.2) is 29.2 Å². The molecule has 0 aliphatic rings. The van der Waals surface area contributed by atoms with Crippen molar-refractivity contribution in [3.63, 3.8) is 0 Å². The van der Waals surface area contributed by atoms with Crippen LogP contribution in [0.5, 0.6) is 0 Å². The average molecular weight is 328 g/mol. The summed E-state index contributed by atoms with van der Waals surface area (Å²) in [6.07, 6.45) is 1.87. The van der Waals surface area contributed by atoms with E-state index in [1.54, 1.807) is 0 Å². The van der Waals surface area contributed by atoms with Crippen LogP contribution in [0.4, 0.5) is 0 Å². The smallest absolute Gasteiger partial charge is 0.326 e. The molecule has 122 valence electrons. The van der Waals surface area contributed by atoms with E-state index in [-0.39, 0.29) is 10.5 Å². The molecule has 7 nitrogen and oxygen atoms in total. The molecule has 0 fully saturated rings. The Labute approximate surface area is 129 Å². The molecule has 0 aromatic heterocycles. The van der Waals surface area contributed by atoms with Crippen LogP contribution in [0.1, 0.15) is 36.5 Å². The molecule has 1 aromatic carbocycles. The maximum absolute atomic E-state index is 12.0. The summed E-state index contributed by atoms with van der Waals surface area (Å²) in [7, 11) is -2.27. The van der Waals surface area contributed by atoms with Gasteiger partial charge in [-0.3, -0.25) is 4.79 Å². The fourth-order valence-electron chi connectivity index (χ4n) is 1.81. The maximum Gasteiger partial charge on any atom is 0.326 e. The van der Waals surface area contributed by atoms with E-state index in [1.165, 1.54) is 31.3 Å². The molecule has 1 atom stereocenters. The molecular formula is C14H20N2O5S. The maximum atomic E-state index is 12.0. The number of benzene rings is 1. The number of carboxylic acids is 1. The Morgan fingerprint density at radius 1 is 1.23 bits per heavy atom. The Morgan fingerprint density at radius 3 is 2.27 bits per heavy atom. The highest BCUT2D eigenvalue weighted by atomic mass is 32.2. The van der Waals surface area contributed by atoms with Crippen LogP contribution < -0.4 is 10.0 Å². The van der Waals surface area contributed by atoms with Crippen molar-refractivity contribution >= 4 is 21.9 Å². The minimum Gasteiger partial charge on any atom is -0.480 e. The summed E-state index contributed by atoms with van der Waals surface area (Å²) in [5, 5.41) is 11.5. The molecule has 0 aliphatic carbocycles. The number of carboxylic acid groups (broad SMARTS) is 1. The Hall–Kier alpha value is -1.93. The zero-order chi connectivity index (χ0) is 16.8. The van der Waals surface area contributed by atoms with E-state index in [2.05, 4.69) is 10.0 Å². The van der Waals surface area contributed by atoms with Crippen LogP contribution in [-0.2, 0) is 14.8 Å². The zero-order valence-electron chi connectivity index (χ0n) is 12.5. The number of hydrogen-bond acceptors (Lipinski definition) is 4. The summed E-state index contributed by atoms with van der Waals surface area (Å²) in [6.45, 7) is 1.93. The van der Waals surface area contributed by atoms with Gasteiger partial charge in [-0.15, -0.1) is 0 Å². The molecule has 0 radical (unpaired) electrons. The van der Waals surface area contributed by atoms with Crippen LogP contribution in [-0.4, -0.2) is 38.5 Å². The van der Waals surface area contributed by atoms with Crippen molar-refractivity contribution in [3.8, 4) is 0 Å². The van der Waals surface area contributed by atoms with Gasteiger partial charge >= 0.3 is 5.97 Å². The number of rotatable bonds is 8. The summed E-state index contributed by atoms with van der Waals surface area (Å²) in [6, 6.07) is 4.33. The first-order valence-corrected chi connectivity index (χ1v) is 8.37. The van der Waals surface area contributed by atoms with Crippen molar-refractivity contribution in [2.75, 3.05) is 7.05 Å². The highest BCUT2D eigenvalue weighted by molar-refractivity contribution is 7.89. The second kappa shape index (κ2) is 7.90. The monoisotopic (exact) mass is 328 g/mol. The second-order valence-corrected chi connectivity index (χ2v) is 6.62. The van der Waals surface area contributed by atoms with Crippen LogP contribution in [0, 0.1) is 0 Å². The first-order chi connectivity index (χ1) is 10.3. The summed E-state index contributed by atoms with van der Waals surface area (Å²) >= 11 is 0. The van der Waals surface area contributed by atoms with E-state index < -0.39 is 27.9 Å². The van der Waals surface area contributed by atoms with Gasteiger partial charge in [0.25, 0.3) is 5.91 Å². The Bertz CT molecular complexity index is 625. The normalized spacial score (nSPS) is 12.6. The third-order valence-electron chi connectivity index (χ3n) is 3.15. The van der Waals surface area contributed by atoms with Gasteiger partial charge in [-0.1, -0.05) is 19.8 Å². The van der Waals surface area contributed by atoms with E-state index in [0.29, 0.717) is 12.8 Å². The minimum absolute atomic E-state index is 0.0346. The first-order valence-electron chi connectivity index (χ1n) is 6.89. The van der Waals surface area contributed by atoms with Crippen molar-refractivity contribution in [3.05, 3.63) is 29.8 Å². The van der Waals surface area contributed by atoms with Gasteiger partial charge in [-0.2, -0.15) is 0 Å². The lowest BCUT2D eigenvalue weighted by Gasteiger charge is -2.14. The summed E-state index contributed by atoms with van der Waals surface area (Å²) in [5.41, 5.74) is 0.206. The number of unbranched alkanes of at least 4 members (excludes halogenated alkanes) is 1. The van der Waals surface area contributed by atoms with Crippen LogP contribution in [0.25, 0.3) is 0 Å². The number of carbonyl (C=O) groups is 2. The van der Waals surface area contributed by atoms with Gasteiger partial charge in [0.15, 0.2) is 0 Å². The fraction of sp³-hybridized carbons (Fsp3) is 0.429. The molecule has 8 heteroatoms. The zero-order valence-corrected chi connectivity index (χ0v) is 13.3. The quantitative estimate of drug-likeness (QED) is 0.658.